The van der Waals surface area contributed by atoms with E-state index in [0.717, 1.165) is 25.9 Å². The Morgan fingerprint density at radius 1 is 1.10 bits per heavy atom. The lowest BCUT2D eigenvalue weighted by Gasteiger charge is -2.37. The third-order valence-electron chi connectivity index (χ3n) is 5.56. The molecule has 8 nitrogen and oxygen atoms in total. The van der Waals surface area contributed by atoms with Crippen molar-refractivity contribution < 1.29 is 18.0 Å². The number of hydrogen-bond acceptors (Lipinski definition) is 4. The van der Waals surface area contributed by atoms with Crippen molar-refractivity contribution in [1.29, 1.82) is 0 Å². The number of nitrogens with one attached hydrogen (secondary N) is 1. The van der Waals surface area contributed by atoms with Gasteiger partial charge in [0.25, 0.3) is 0 Å². The Hall–Kier alpha value is -2.30. The number of rotatable bonds is 4. The average molecular weight is 429 g/mol. The number of aromatic nitrogens is 2. The quantitative estimate of drug-likeness (QED) is 0.574. The number of aryl methyl sites for hydroxylation is 1. The van der Waals surface area contributed by atoms with Crippen molar-refractivity contribution >= 4 is 11.9 Å². The van der Waals surface area contributed by atoms with Gasteiger partial charge in [-0.25, -0.2) is 0 Å². The van der Waals surface area contributed by atoms with Gasteiger partial charge in [-0.15, -0.1) is 0 Å². The van der Waals surface area contributed by atoms with Gasteiger partial charge in [0.1, 0.15) is 0 Å². The van der Waals surface area contributed by atoms with E-state index in [2.05, 4.69) is 20.3 Å². The minimum Gasteiger partial charge on any atom is -0.352 e. The molecule has 30 heavy (non-hydrogen) atoms. The van der Waals surface area contributed by atoms with E-state index >= 15 is 0 Å². The number of alkyl halides is 3. The third-order valence-corrected chi connectivity index (χ3v) is 5.56. The molecule has 2 aliphatic rings. The van der Waals surface area contributed by atoms with Crippen molar-refractivity contribution in [2.75, 3.05) is 52.9 Å². The Kier molecular flexibility index (Phi) is 7.22. The molecule has 0 atom stereocenters. The van der Waals surface area contributed by atoms with Gasteiger partial charge in [0.05, 0.1) is 6.54 Å². The van der Waals surface area contributed by atoms with Crippen molar-refractivity contribution in [3.05, 3.63) is 17.5 Å². The number of amides is 1. The van der Waals surface area contributed by atoms with E-state index < -0.39 is 11.9 Å². The Balaban J connectivity index is 1.49. The lowest BCUT2D eigenvalue weighted by atomic mass is 10.1. The maximum absolute atomic E-state index is 13.1. The van der Waals surface area contributed by atoms with E-state index in [1.165, 1.54) is 24.3 Å². The van der Waals surface area contributed by atoms with E-state index in [9.17, 15) is 18.0 Å². The smallest absolute Gasteiger partial charge is 0.352 e. The minimum absolute atomic E-state index is 0.0109. The summed E-state index contributed by atoms with van der Waals surface area (Å²) in [7, 11) is 3.08. The molecule has 168 valence electrons. The highest BCUT2D eigenvalue weighted by Crippen LogP contribution is 2.30. The fourth-order valence-electron chi connectivity index (χ4n) is 3.96. The first-order chi connectivity index (χ1) is 14.3. The van der Waals surface area contributed by atoms with Gasteiger partial charge in [0.15, 0.2) is 11.7 Å². The van der Waals surface area contributed by atoms with Crippen LogP contribution in [-0.4, -0.2) is 89.2 Å². The highest BCUT2D eigenvalue weighted by Gasteiger charge is 2.37. The second-order valence-corrected chi connectivity index (χ2v) is 7.78. The summed E-state index contributed by atoms with van der Waals surface area (Å²) in [5.41, 5.74) is -0.800. The number of aliphatic imine (C=N–C) groups is 1. The molecule has 0 aliphatic carbocycles. The third kappa shape index (κ3) is 5.65. The molecule has 11 heteroatoms. The zero-order valence-corrected chi connectivity index (χ0v) is 17.6. The molecule has 0 aromatic carbocycles. The monoisotopic (exact) mass is 429 g/mol. The van der Waals surface area contributed by atoms with Crippen LogP contribution in [0.4, 0.5) is 13.2 Å². The largest absolute Gasteiger partial charge is 0.435 e. The summed E-state index contributed by atoms with van der Waals surface area (Å²) in [6, 6.07) is 0. The topological polar surface area (TPSA) is 69.0 Å². The number of hydrogen-bond donors (Lipinski definition) is 1. The summed E-state index contributed by atoms with van der Waals surface area (Å²) in [5, 5.41) is 6.55. The summed E-state index contributed by atoms with van der Waals surface area (Å²) in [5.74, 6) is 0.732. The number of carbonyl (C=O) groups is 1. The molecule has 1 aromatic heterocycles. The Labute approximate surface area is 174 Å². The van der Waals surface area contributed by atoms with Crippen LogP contribution >= 0.6 is 0 Å². The lowest BCUT2D eigenvalue weighted by Crippen LogP contribution is -2.54. The van der Waals surface area contributed by atoms with Gasteiger partial charge in [0, 0.05) is 71.7 Å². The van der Waals surface area contributed by atoms with E-state index in [1.807, 2.05) is 9.80 Å². The normalized spacial score (nSPS) is 19.3. The summed E-state index contributed by atoms with van der Waals surface area (Å²) < 4.78 is 40.5. The molecule has 2 saturated heterocycles. The van der Waals surface area contributed by atoms with E-state index in [4.69, 9.17) is 0 Å². The first-order valence-corrected chi connectivity index (χ1v) is 10.3. The molecule has 1 N–H and O–H groups in total. The summed E-state index contributed by atoms with van der Waals surface area (Å²) >= 11 is 0. The predicted molar refractivity (Wildman–Crippen MR) is 107 cm³/mol. The van der Waals surface area contributed by atoms with Crippen LogP contribution in [0.1, 0.15) is 30.5 Å². The molecule has 0 bridgehead atoms. The minimum atomic E-state index is -4.49. The number of halogens is 3. The SMILES string of the molecule is CN=C(NCc1cn(C)nc1C(F)(F)F)N1CCN(CC(=O)N2CCCCC2)CC1. The van der Waals surface area contributed by atoms with Crippen LogP contribution in [0.5, 0.6) is 0 Å². The fourth-order valence-corrected chi connectivity index (χ4v) is 3.96. The number of nitrogens with zero attached hydrogens (tertiary/aromatic N) is 6. The highest BCUT2D eigenvalue weighted by atomic mass is 19.4. The van der Waals surface area contributed by atoms with Gasteiger partial charge in [0.2, 0.25) is 5.91 Å². The Morgan fingerprint density at radius 2 is 1.77 bits per heavy atom. The van der Waals surface area contributed by atoms with E-state index in [-0.39, 0.29) is 18.0 Å². The molecule has 3 rings (SSSR count). The zero-order valence-electron chi connectivity index (χ0n) is 17.6. The highest BCUT2D eigenvalue weighted by molar-refractivity contribution is 5.80. The van der Waals surface area contributed by atoms with Gasteiger partial charge in [-0.3, -0.25) is 19.4 Å². The molecule has 2 aliphatic heterocycles. The maximum Gasteiger partial charge on any atom is 0.435 e. The van der Waals surface area contributed by atoms with E-state index in [0.29, 0.717) is 38.7 Å². The van der Waals surface area contributed by atoms with Gasteiger partial charge in [-0.2, -0.15) is 18.3 Å². The van der Waals surface area contributed by atoms with Crippen LogP contribution in [0.25, 0.3) is 0 Å². The zero-order chi connectivity index (χ0) is 21.7. The van der Waals surface area contributed by atoms with Crippen molar-refractivity contribution in [1.82, 2.24) is 29.8 Å². The second-order valence-electron chi connectivity index (χ2n) is 7.78. The molecule has 0 spiro atoms. The van der Waals surface area contributed by atoms with Crippen molar-refractivity contribution in [3.8, 4) is 0 Å². The molecule has 2 fully saturated rings. The molecular weight excluding hydrogens is 399 g/mol. The van der Waals surface area contributed by atoms with E-state index in [1.54, 1.807) is 7.05 Å². The number of likely N-dealkylation sites (tertiary alicyclic amines) is 1. The molecule has 0 unspecified atom stereocenters. The molecule has 3 heterocycles. The van der Waals surface area contributed by atoms with Crippen LogP contribution < -0.4 is 5.32 Å². The van der Waals surface area contributed by atoms with Crippen LogP contribution in [0.3, 0.4) is 0 Å². The number of piperidine rings is 1. The van der Waals surface area contributed by atoms with Crippen molar-refractivity contribution in [2.24, 2.45) is 12.0 Å². The second kappa shape index (κ2) is 9.67. The summed E-state index contributed by atoms with van der Waals surface area (Å²) in [6.07, 6.45) is 0.225. The Bertz CT molecular complexity index is 748. The molecule has 0 radical (unpaired) electrons. The summed E-state index contributed by atoms with van der Waals surface area (Å²) in [6.45, 7) is 4.85. The van der Waals surface area contributed by atoms with Crippen LogP contribution in [0.15, 0.2) is 11.2 Å². The fraction of sp³-hybridized carbons (Fsp3) is 0.737. The van der Waals surface area contributed by atoms with Crippen LogP contribution in [-0.2, 0) is 24.6 Å². The molecular formula is C19H30F3N7O. The molecule has 0 saturated carbocycles. The van der Waals surface area contributed by atoms with Gasteiger partial charge in [-0.1, -0.05) is 0 Å². The van der Waals surface area contributed by atoms with Crippen molar-refractivity contribution in [2.45, 2.75) is 32.0 Å². The predicted octanol–water partition coefficient (Wildman–Crippen LogP) is 1.14. The van der Waals surface area contributed by atoms with Crippen LogP contribution in [0.2, 0.25) is 0 Å². The Morgan fingerprint density at radius 3 is 2.37 bits per heavy atom. The first kappa shape index (κ1) is 22.4. The lowest BCUT2D eigenvalue weighted by molar-refractivity contribution is -0.142. The van der Waals surface area contributed by atoms with Crippen molar-refractivity contribution in [3.63, 3.8) is 0 Å². The molecule has 1 amide bonds. The standard InChI is InChI=1S/C19H30F3N7O/c1-23-18(24-12-15-13-26(2)25-17(15)19(20,21)22)29-10-8-27(9-11-29)14-16(30)28-6-4-3-5-7-28/h13H,3-12,14H2,1-2H3,(H,23,24). The number of carbonyl (C=O) groups excluding carboxylic acids is 1. The number of piperazine rings is 1. The van der Waals surface area contributed by atoms with Gasteiger partial charge in [-0.05, 0) is 19.3 Å². The summed E-state index contributed by atoms with van der Waals surface area (Å²) in [4.78, 5) is 22.7. The van der Waals surface area contributed by atoms with Crippen LogP contribution in [0, 0.1) is 0 Å². The first-order valence-electron chi connectivity index (χ1n) is 10.3. The molecule has 1 aromatic rings. The van der Waals surface area contributed by atoms with Gasteiger partial charge < -0.3 is 15.1 Å². The van der Waals surface area contributed by atoms with Gasteiger partial charge >= 0.3 is 6.18 Å². The number of guanidine groups is 1. The average Bonchev–Trinajstić information content (AvgIpc) is 3.11. The maximum atomic E-state index is 13.1.